The van der Waals surface area contributed by atoms with Crippen LogP contribution in [-0.4, -0.2) is 27.4 Å². The molecule has 0 N–H and O–H groups in total. The molecule has 0 atom stereocenters. The van der Waals surface area contributed by atoms with Gasteiger partial charge in [-0.15, -0.1) is 22.7 Å². The van der Waals surface area contributed by atoms with Crippen LogP contribution in [0.3, 0.4) is 0 Å². The largest absolute Gasteiger partial charge is 0.337 e. The summed E-state index contributed by atoms with van der Waals surface area (Å²) in [5.74, 6) is 0.00503. The summed E-state index contributed by atoms with van der Waals surface area (Å²) in [6, 6.07) is 5.74. The van der Waals surface area contributed by atoms with Crippen LogP contribution < -0.4 is 0 Å². The molecule has 120 valence electrons. The summed E-state index contributed by atoms with van der Waals surface area (Å²) in [6.45, 7) is 4.50. The van der Waals surface area contributed by atoms with Gasteiger partial charge in [0.25, 0.3) is 5.91 Å². The number of hydrogen-bond acceptors (Lipinski definition) is 4. The van der Waals surface area contributed by atoms with Crippen LogP contribution in [-0.2, 0) is 6.54 Å². The van der Waals surface area contributed by atoms with Crippen molar-refractivity contribution < 1.29 is 4.79 Å². The molecule has 3 rings (SSSR count). The molecule has 7 heteroatoms. The molecule has 23 heavy (non-hydrogen) atoms. The number of aromatic nitrogens is 2. The van der Waals surface area contributed by atoms with Gasteiger partial charge in [0, 0.05) is 34.9 Å². The highest BCUT2D eigenvalue weighted by Crippen LogP contribution is 2.25. The Hall–Kier alpha value is -1.63. The van der Waals surface area contributed by atoms with Crippen molar-refractivity contribution >= 4 is 40.2 Å². The molecule has 0 spiro atoms. The molecular weight excluding hydrogens is 350 g/mol. The summed E-state index contributed by atoms with van der Waals surface area (Å²) >= 11 is 9.01. The summed E-state index contributed by atoms with van der Waals surface area (Å²) in [4.78, 5) is 19.9. The lowest BCUT2D eigenvalue weighted by Gasteiger charge is -2.16. The third-order valence-electron chi connectivity index (χ3n) is 3.64. The molecule has 0 unspecified atom stereocenters. The monoisotopic (exact) mass is 365 g/mol. The van der Waals surface area contributed by atoms with E-state index >= 15 is 0 Å². The molecule has 0 saturated carbocycles. The fraction of sp³-hybridized carbons (Fsp3) is 0.250. The number of amides is 1. The normalized spacial score (nSPS) is 11.0. The average molecular weight is 366 g/mol. The zero-order chi connectivity index (χ0) is 16.6. The lowest BCUT2D eigenvalue weighted by Crippen LogP contribution is -2.26. The van der Waals surface area contributed by atoms with Gasteiger partial charge in [-0.05, 0) is 32.0 Å². The predicted octanol–water partition coefficient (Wildman–Crippen LogP) is 4.54. The number of carbonyl (C=O) groups is 1. The summed E-state index contributed by atoms with van der Waals surface area (Å²) in [6.07, 6.45) is 1.77. The van der Waals surface area contributed by atoms with Crippen LogP contribution in [0.5, 0.6) is 0 Å². The third kappa shape index (κ3) is 3.20. The molecule has 0 fully saturated rings. The minimum Gasteiger partial charge on any atom is -0.337 e. The van der Waals surface area contributed by atoms with E-state index in [1.807, 2.05) is 49.0 Å². The van der Waals surface area contributed by atoms with Crippen molar-refractivity contribution in [3.63, 3.8) is 0 Å². The number of hydrogen-bond donors (Lipinski definition) is 0. The standard InChI is InChI=1S/C16H16ClN3OS2/c1-10-8-13(11(2)20(10)16-18-6-7-22-16)15(21)19(3)9-12-4-5-14(17)23-12/h4-8H,9H2,1-3H3. The third-order valence-corrected chi connectivity index (χ3v) is 5.61. The molecule has 3 aromatic heterocycles. The Balaban J connectivity index is 1.86. The van der Waals surface area contributed by atoms with Crippen molar-refractivity contribution in [2.75, 3.05) is 7.05 Å². The van der Waals surface area contributed by atoms with Crippen molar-refractivity contribution in [1.82, 2.24) is 14.5 Å². The first-order chi connectivity index (χ1) is 11.0. The van der Waals surface area contributed by atoms with Gasteiger partial charge in [0.05, 0.1) is 16.4 Å². The van der Waals surface area contributed by atoms with Crippen LogP contribution in [0, 0.1) is 13.8 Å². The number of carbonyl (C=O) groups excluding carboxylic acids is 1. The Kier molecular flexibility index (Phi) is 4.57. The highest BCUT2D eigenvalue weighted by atomic mass is 35.5. The van der Waals surface area contributed by atoms with Crippen LogP contribution in [0.4, 0.5) is 0 Å². The number of nitrogens with zero attached hydrogens (tertiary/aromatic N) is 3. The highest BCUT2D eigenvalue weighted by molar-refractivity contribution is 7.16. The average Bonchev–Trinajstić information content (AvgIpc) is 3.20. The molecule has 0 aliphatic rings. The molecule has 0 aromatic carbocycles. The van der Waals surface area contributed by atoms with Gasteiger partial charge in [-0.1, -0.05) is 11.6 Å². The Morgan fingerprint density at radius 1 is 1.39 bits per heavy atom. The van der Waals surface area contributed by atoms with Crippen molar-refractivity contribution in [3.8, 4) is 5.13 Å². The summed E-state index contributed by atoms with van der Waals surface area (Å²) in [5, 5.41) is 2.81. The van der Waals surface area contributed by atoms with Crippen LogP contribution in [0.15, 0.2) is 29.8 Å². The Labute approximate surface area is 148 Å². The van der Waals surface area contributed by atoms with Crippen molar-refractivity contribution in [1.29, 1.82) is 0 Å². The van der Waals surface area contributed by atoms with Gasteiger partial charge in [0.2, 0.25) is 0 Å². The zero-order valence-electron chi connectivity index (χ0n) is 13.0. The number of halogens is 1. The lowest BCUT2D eigenvalue weighted by atomic mass is 10.2. The van der Waals surface area contributed by atoms with E-state index in [0.29, 0.717) is 12.1 Å². The second kappa shape index (κ2) is 6.47. The zero-order valence-corrected chi connectivity index (χ0v) is 15.4. The molecule has 3 heterocycles. The van der Waals surface area contributed by atoms with Gasteiger partial charge in [-0.3, -0.25) is 9.36 Å². The second-order valence-corrected chi connectivity index (χ2v) is 7.97. The maximum Gasteiger partial charge on any atom is 0.255 e. The maximum absolute atomic E-state index is 12.8. The molecule has 0 saturated heterocycles. The summed E-state index contributed by atoms with van der Waals surface area (Å²) < 4.78 is 2.76. The van der Waals surface area contributed by atoms with Gasteiger partial charge in [-0.2, -0.15) is 0 Å². The van der Waals surface area contributed by atoms with E-state index in [9.17, 15) is 4.79 Å². The molecule has 0 radical (unpaired) electrons. The fourth-order valence-corrected chi connectivity index (χ4v) is 4.44. The SMILES string of the molecule is Cc1cc(C(=O)N(C)Cc2ccc(Cl)s2)c(C)n1-c1nccs1. The second-order valence-electron chi connectivity index (χ2n) is 5.30. The van der Waals surface area contributed by atoms with Gasteiger partial charge in [0.1, 0.15) is 0 Å². The molecule has 1 amide bonds. The minimum atomic E-state index is 0.00503. The van der Waals surface area contributed by atoms with Gasteiger partial charge < -0.3 is 4.90 Å². The first-order valence-corrected chi connectivity index (χ1v) is 9.13. The predicted molar refractivity (Wildman–Crippen MR) is 96.0 cm³/mol. The minimum absolute atomic E-state index is 0.00503. The van der Waals surface area contributed by atoms with Crippen LogP contribution >= 0.6 is 34.3 Å². The van der Waals surface area contributed by atoms with Crippen LogP contribution in [0.2, 0.25) is 4.34 Å². The van der Waals surface area contributed by atoms with Crippen molar-refractivity contribution in [3.05, 3.63) is 55.9 Å². The molecule has 4 nitrogen and oxygen atoms in total. The van der Waals surface area contributed by atoms with Gasteiger partial charge >= 0.3 is 0 Å². The number of thiazole rings is 1. The maximum atomic E-state index is 12.8. The Morgan fingerprint density at radius 2 is 2.17 bits per heavy atom. The molecule has 0 aliphatic heterocycles. The molecular formula is C16H16ClN3OS2. The lowest BCUT2D eigenvalue weighted by molar-refractivity contribution is 0.0786. The number of aryl methyl sites for hydroxylation is 1. The molecule has 0 aliphatic carbocycles. The van der Waals surface area contributed by atoms with Gasteiger partial charge in [0.15, 0.2) is 5.13 Å². The smallest absolute Gasteiger partial charge is 0.255 e. The molecule has 0 bridgehead atoms. The van der Waals surface area contributed by atoms with E-state index in [4.69, 9.17) is 11.6 Å². The van der Waals surface area contributed by atoms with Gasteiger partial charge in [-0.25, -0.2) is 4.98 Å². The van der Waals surface area contributed by atoms with Crippen molar-refractivity contribution in [2.24, 2.45) is 0 Å². The van der Waals surface area contributed by atoms with E-state index < -0.39 is 0 Å². The topological polar surface area (TPSA) is 38.1 Å². The first-order valence-electron chi connectivity index (χ1n) is 7.06. The Morgan fingerprint density at radius 3 is 2.78 bits per heavy atom. The summed E-state index contributed by atoms with van der Waals surface area (Å²) in [7, 11) is 1.81. The first kappa shape index (κ1) is 16.2. The quantitative estimate of drug-likeness (QED) is 0.680. The number of thiophene rings is 1. The van der Waals surface area contributed by atoms with Crippen LogP contribution in [0.25, 0.3) is 5.13 Å². The van der Waals surface area contributed by atoms with Crippen LogP contribution in [0.1, 0.15) is 26.6 Å². The molecule has 3 aromatic rings. The van der Waals surface area contributed by atoms with E-state index in [0.717, 1.165) is 25.7 Å². The van der Waals surface area contributed by atoms with E-state index in [2.05, 4.69) is 4.98 Å². The number of rotatable bonds is 4. The Bertz CT molecular complexity index is 836. The van der Waals surface area contributed by atoms with E-state index in [1.165, 1.54) is 11.3 Å². The summed E-state index contributed by atoms with van der Waals surface area (Å²) in [5.41, 5.74) is 2.63. The van der Waals surface area contributed by atoms with E-state index in [-0.39, 0.29) is 5.91 Å². The highest BCUT2D eigenvalue weighted by Gasteiger charge is 2.21. The van der Waals surface area contributed by atoms with E-state index in [1.54, 1.807) is 22.4 Å². The fourth-order valence-electron chi connectivity index (χ4n) is 2.55. The van der Waals surface area contributed by atoms with Crippen molar-refractivity contribution in [2.45, 2.75) is 20.4 Å².